The third-order valence-corrected chi connectivity index (χ3v) is 5.30. The Balaban J connectivity index is 1.71. The Kier molecular flexibility index (Phi) is 4.69. The fourth-order valence-electron chi connectivity index (χ4n) is 2.90. The number of hydrogen-bond donors (Lipinski definition) is 2. The summed E-state index contributed by atoms with van der Waals surface area (Å²) >= 11 is 0. The van der Waals surface area contributed by atoms with Crippen molar-refractivity contribution in [2.24, 2.45) is 0 Å². The average molecular weight is 373 g/mol. The fourth-order valence-corrected chi connectivity index (χ4v) is 3.86. The molecule has 26 heavy (non-hydrogen) atoms. The Bertz CT molecular complexity index is 986. The summed E-state index contributed by atoms with van der Waals surface area (Å²) in [5.74, 6) is -0.0805. The maximum Gasteiger partial charge on any atom is 0.323 e. The van der Waals surface area contributed by atoms with E-state index in [1.54, 1.807) is 42.5 Å². The maximum atomic E-state index is 12.2. The Morgan fingerprint density at radius 2 is 1.73 bits per heavy atom. The van der Waals surface area contributed by atoms with Gasteiger partial charge in [-0.1, -0.05) is 12.1 Å². The van der Waals surface area contributed by atoms with Crippen LogP contribution in [0.3, 0.4) is 0 Å². The first kappa shape index (κ1) is 17.9. The fraction of sp³-hybridized carbons (Fsp3) is 0.222. The van der Waals surface area contributed by atoms with Crippen LogP contribution in [-0.4, -0.2) is 33.0 Å². The molecule has 1 aliphatic rings. The van der Waals surface area contributed by atoms with Gasteiger partial charge < -0.3 is 10.6 Å². The number of carbonyl (C=O) groups excluding carboxylic acids is 2. The van der Waals surface area contributed by atoms with Crippen LogP contribution in [0, 0.1) is 0 Å². The molecule has 0 atom stereocenters. The van der Waals surface area contributed by atoms with Crippen LogP contribution in [0.5, 0.6) is 0 Å². The van der Waals surface area contributed by atoms with E-state index in [1.165, 1.54) is 17.5 Å². The lowest BCUT2D eigenvalue weighted by Gasteiger charge is -2.16. The molecule has 0 spiro atoms. The van der Waals surface area contributed by atoms with Gasteiger partial charge in [0.05, 0.1) is 11.9 Å². The number of urea groups is 1. The highest BCUT2D eigenvalue weighted by atomic mass is 32.2. The lowest BCUT2D eigenvalue weighted by atomic mass is 10.1. The number of benzene rings is 2. The molecule has 0 aliphatic carbocycles. The summed E-state index contributed by atoms with van der Waals surface area (Å²) in [4.78, 5) is 23.6. The van der Waals surface area contributed by atoms with E-state index in [2.05, 4.69) is 10.6 Å². The molecule has 0 aromatic heterocycles. The van der Waals surface area contributed by atoms with Crippen LogP contribution in [0.25, 0.3) is 0 Å². The first-order valence-corrected chi connectivity index (χ1v) is 9.88. The topological polar surface area (TPSA) is 95.6 Å². The molecular weight excluding hydrogens is 354 g/mol. The summed E-state index contributed by atoms with van der Waals surface area (Å²) in [6, 6.07) is 11.4. The molecule has 0 bridgehead atoms. The molecule has 1 heterocycles. The zero-order chi connectivity index (χ0) is 18.9. The number of carbonyl (C=O) groups is 2. The molecule has 2 aromatic carbocycles. The van der Waals surface area contributed by atoms with Gasteiger partial charge in [0.15, 0.2) is 5.78 Å². The number of fused-ring (bicyclic) bond motifs is 1. The molecule has 0 unspecified atom stereocenters. The van der Waals surface area contributed by atoms with Crippen LogP contribution < -0.4 is 14.9 Å². The van der Waals surface area contributed by atoms with Crippen molar-refractivity contribution in [2.75, 3.05) is 27.7 Å². The van der Waals surface area contributed by atoms with Crippen molar-refractivity contribution in [2.45, 2.75) is 13.3 Å². The Labute approximate surface area is 152 Å². The molecular formula is C18H19N3O4S. The van der Waals surface area contributed by atoms with E-state index in [4.69, 9.17) is 0 Å². The van der Waals surface area contributed by atoms with Gasteiger partial charge in [-0.3, -0.25) is 9.10 Å². The number of amides is 2. The van der Waals surface area contributed by atoms with Crippen molar-refractivity contribution in [1.82, 2.24) is 0 Å². The monoisotopic (exact) mass is 373 g/mol. The minimum absolute atomic E-state index is 0.0805. The highest BCUT2D eigenvalue weighted by Gasteiger charge is 2.26. The summed E-state index contributed by atoms with van der Waals surface area (Å²) in [6.45, 7) is 1.87. The third-order valence-electron chi connectivity index (χ3n) is 4.12. The molecule has 0 saturated carbocycles. The molecule has 7 nitrogen and oxygen atoms in total. The Morgan fingerprint density at radius 1 is 1.04 bits per heavy atom. The number of Topliss-reactive ketones (excluding diaryl/α,β-unsaturated/α-hetero) is 1. The van der Waals surface area contributed by atoms with Gasteiger partial charge in [0.2, 0.25) is 10.0 Å². The summed E-state index contributed by atoms with van der Waals surface area (Å²) in [7, 11) is -3.30. The van der Waals surface area contributed by atoms with Crippen LogP contribution in [0.1, 0.15) is 22.8 Å². The van der Waals surface area contributed by atoms with Gasteiger partial charge in [-0.15, -0.1) is 0 Å². The minimum atomic E-state index is -3.30. The van der Waals surface area contributed by atoms with Crippen molar-refractivity contribution < 1.29 is 18.0 Å². The molecule has 0 fully saturated rings. The van der Waals surface area contributed by atoms with Gasteiger partial charge >= 0.3 is 6.03 Å². The van der Waals surface area contributed by atoms with Crippen molar-refractivity contribution in [3.63, 3.8) is 0 Å². The number of nitrogens with one attached hydrogen (secondary N) is 2. The van der Waals surface area contributed by atoms with Crippen LogP contribution >= 0.6 is 0 Å². The SMILES string of the molecule is CC(=O)c1cccc(NC(=O)Nc2ccc3c(c2)CCN3S(C)(=O)=O)c1. The van der Waals surface area contributed by atoms with E-state index in [9.17, 15) is 18.0 Å². The zero-order valence-corrected chi connectivity index (χ0v) is 15.3. The van der Waals surface area contributed by atoms with E-state index in [0.717, 1.165) is 5.56 Å². The number of sulfonamides is 1. The quantitative estimate of drug-likeness (QED) is 0.806. The minimum Gasteiger partial charge on any atom is -0.308 e. The van der Waals surface area contributed by atoms with Crippen LogP contribution in [-0.2, 0) is 16.4 Å². The second-order valence-corrected chi connectivity index (χ2v) is 8.05. The number of anilines is 3. The van der Waals surface area contributed by atoms with Crippen LogP contribution in [0.4, 0.5) is 21.9 Å². The number of rotatable bonds is 4. The summed E-state index contributed by atoms with van der Waals surface area (Å²) < 4.78 is 24.9. The van der Waals surface area contributed by atoms with Crippen LogP contribution in [0.2, 0.25) is 0 Å². The second-order valence-electron chi connectivity index (χ2n) is 6.14. The molecule has 8 heteroatoms. The summed E-state index contributed by atoms with van der Waals surface area (Å²) in [5, 5.41) is 5.40. The lowest BCUT2D eigenvalue weighted by Crippen LogP contribution is -2.27. The zero-order valence-electron chi connectivity index (χ0n) is 14.4. The molecule has 2 aromatic rings. The van der Waals surface area contributed by atoms with E-state index in [1.807, 2.05) is 0 Å². The van der Waals surface area contributed by atoms with Gasteiger partial charge in [0, 0.05) is 23.5 Å². The van der Waals surface area contributed by atoms with Gasteiger partial charge in [-0.2, -0.15) is 0 Å². The number of hydrogen-bond acceptors (Lipinski definition) is 4. The van der Waals surface area contributed by atoms with E-state index in [-0.39, 0.29) is 5.78 Å². The van der Waals surface area contributed by atoms with E-state index in [0.29, 0.717) is 35.6 Å². The van der Waals surface area contributed by atoms with Crippen molar-refractivity contribution in [3.05, 3.63) is 53.6 Å². The molecule has 2 amide bonds. The van der Waals surface area contributed by atoms with Crippen molar-refractivity contribution in [3.8, 4) is 0 Å². The number of nitrogens with zero attached hydrogens (tertiary/aromatic N) is 1. The Hall–Kier alpha value is -2.87. The largest absolute Gasteiger partial charge is 0.323 e. The van der Waals surface area contributed by atoms with Crippen LogP contribution in [0.15, 0.2) is 42.5 Å². The standard InChI is InChI=1S/C18H19N3O4S/c1-12(22)13-4-3-5-15(10-13)19-18(23)20-16-6-7-17-14(11-16)8-9-21(17)26(2,24)25/h3-7,10-11H,8-9H2,1-2H3,(H2,19,20,23). The van der Waals surface area contributed by atoms with E-state index < -0.39 is 16.1 Å². The predicted octanol–water partition coefficient (Wildman–Crippen LogP) is 2.86. The smallest absolute Gasteiger partial charge is 0.308 e. The number of ketones is 1. The first-order valence-electron chi connectivity index (χ1n) is 8.04. The van der Waals surface area contributed by atoms with Gasteiger partial charge in [-0.05, 0) is 49.2 Å². The van der Waals surface area contributed by atoms with Crippen molar-refractivity contribution >= 4 is 38.9 Å². The molecule has 0 saturated heterocycles. The summed E-state index contributed by atoms with van der Waals surface area (Å²) in [5.41, 5.74) is 3.11. The lowest BCUT2D eigenvalue weighted by molar-refractivity contribution is 0.101. The Morgan fingerprint density at radius 3 is 2.38 bits per heavy atom. The maximum absolute atomic E-state index is 12.2. The first-order chi connectivity index (χ1) is 12.2. The van der Waals surface area contributed by atoms with Gasteiger partial charge in [0.1, 0.15) is 0 Å². The van der Waals surface area contributed by atoms with E-state index >= 15 is 0 Å². The average Bonchev–Trinajstić information content (AvgIpc) is 2.98. The van der Waals surface area contributed by atoms with Gasteiger partial charge in [-0.25, -0.2) is 13.2 Å². The second kappa shape index (κ2) is 6.80. The highest BCUT2D eigenvalue weighted by Crippen LogP contribution is 2.32. The normalized spacial score (nSPS) is 13.2. The highest BCUT2D eigenvalue weighted by molar-refractivity contribution is 7.92. The third kappa shape index (κ3) is 3.85. The molecule has 3 rings (SSSR count). The van der Waals surface area contributed by atoms with Crippen molar-refractivity contribution in [1.29, 1.82) is 0 Å². The molecule has 0 radical (unpaired) electrons. The predicted molar refractivity (Wildman–Crippen MR) is 101 cm³/mol. The van der Waals surface area contributed by atoms with Gasteiger partial charge in [0.25, 0.3) is 0 Å². The molecule has 2 N–H and O–H groups in total. The molecule has 136 valence electrons. The molecule has 1 aliphatic heterocycles. The summed E-state index contributed by atoms with van der Waals surface area (Å²) in [6.07, 6.45) is 1.77.